The molecular formula is C14H13F2N3O3. The van der Waals surface area contributed by atoms with E-state index >= 15 is 0 Å². The number of pyridine rings is 2. The Morgan fingerprint density at radius 1 is 1.36 bits per heavy atom. The number of nitrogens with two attached hydrogens (primary N) is 1. The normalized spacial score (nSPS) is 18.1. The summed E-state index contributed by atoms with van der Waals surface area (Å²) in [5.41, 5.74) is 3.80. The predicted octanol–water partition coefficient (Wildman–Crippen LogP) is 0.813. The van der Waals surface area contributed by atoms with Crippen molar-refractivity contribution in [3.05, 3.63) is 45.9 Å². The number of anilines is 1. The summed E-state index contributed by atoms with van der Waals surface area (Å²) in [6.45, 7) is 0.740. The van der Waals surface area contributed by atoms with Crippen LogP contribution in [0.1, 0.15) is 16.8 Å². The van der Waals surface area contributed by atoms with Crippen molar-refractivity contribution >= 4 is 17.2 Å². The van der Waals surface area contributed by atoms with Crippen LogP contribution >= 0.6 is 0 Å². The second-order valence-electron chi connectivity index (χ2n) is 5.25. The van der Waals surface area contributed by atoms with Gasteiger partial charge in [-0.3, -0.25) is 9.20 Å². The minimum atomic E-state index is -1.45. The van der Waals surface area contributed by atoms with Crippen molar-refractivity contribution < 1.29 is 18.7 Å². The Morgan fingerprint density at radius 2 is 2.09 bits per heavy atom. The van der Waals surface area contributed by atoms with Gasteiger partial charge in [0, 0.05) is 19.1 Å². The number of aromatic nitrogens is 1. The van der Waals surface area contributed by atoms with Gasteiger partial charge in [-0.2, -0.15) is 0 Å². The maximum absolute atomic E-state index is 14.6. The Morgan fingerprint density at radius 3 is 2.68 bits per heavy atom. The molecule has 0 aromatic carbocycles. The van der Waals surface area contributed by atoms with Crippen molar-refractivity contribution in [2.75, 3.05) is 18.0 Å². The SMILES string of the molecule is NC1CCN(c2c(F)cn3c(=O)c(C(=O)O)ccc3c2F)C1. The average molecular weight is 309 g/mol. The predicted molar refractivity (Wildman–Crippen MR) is 75.3 cm³/mol. The summed E-state index contributed by atoms with van der Waals surface area (Å²) in [4.78, 5) is 24.4. The van der Waals surface area contributed by atoms with E-state index < -0.39 is 28.7 Å². The highest BCUT2D eigenvalue weighted by Crippen LogP contribution is 2.28. The van der Waals surface area contributed by atoms with E-state index in [4.69, 9.17) is 10.8 Å². The maximum atomic E-state index is 14.6. The van der Waals surface area contributed by atoms with Crippen molar-refractivity contribution in [3.8, 4) is 0 Å². The van der Waals surface area contributed by atoms with Gasteiger partial charge in [-0.05, 0) is 18.6 Å². The van der Waals surface area contributed by atoms with E-state index in [1.165, 1.54) is 4.90 Å². The van der Waals surface area contributed by atoms with Crippen LogP contribution in [-0.4, -0.2) is 34.6 Å². The van der Waals surface area contributed by atoms with Crippen molar-refractivity contribution in [3.63, 3.8) is 0 Å². The van der Waals surface area contributed by atoms with E-state index in [-0.39, 0.29) is 17.2 Å². The first kappa shape index (κ1) is 14.5. The van der Waals surface area contributed by atoms with E-state index in [0.29, 0.717) is 23.9 Å². The van der Waals surface area contributed by atoms with Gasteiger partial charge in [0.2, 0.25) is 0 Å². The van der Waals surface area contributed by atoms with E-state index in [9.17, 15) is 18.4 Å². The molecule has 2 aromatic heterocycles. The molecule has 3 heterocycles. The van der Waals surface area contributed by atoms with Gasteiger partial charge in [-0.25, -0.2) is 13.6 Å². The van der Waals surface area contributed by atoms with Crippen LogP contribution in [0.5, 0.6) is 0 Å². The third kappa shape index (κ3) is 2.12. The number of hydrogen-bond acceptors (Lipinski definition) is 4. The minimum Gasteiger partial charge on any atom is -0.477 e. The molecule has 0 bridgehead atoms. The number of hydrogen-bond donors (Lipinski definition) is 2. The number of fused-ring (bicyclic) bond motifs is 1. The summed E-state index contributed by atoms with van der Waals surface area (Å²) in [5.74, 6) is -3.28. The molecule has 2 aromatic rings. The van der Waals surface area contributed by atoms with Crippen molar-refractivity contribution in [1.29, 1.82) is 0 Å². The molecule has 22 heavy (non-hydrogen) atoms. The largest absolute Gasteiger partial charge is 0.477 e. The third-order valence-corrected chi connectivity index (χ3v) is 3.79. The van der Waals surface area contributed by atoms with E-state index in [0.717, 1.165) is 18.3 Å². The molecule has 1 atom stereocenters. The molecule has 1 unspecified atom stereocenters. The van der Waals surface area contributed by atoms with Gasteiger partial charge < -0.3 is 15.7 Å². The highest BCUT2D eigenvalue weighted by molar-refractivity contribution is 5.87. The Balaban J connectivity index is 2.24. The smallest absolute Gasteiger partial charge is 0.341 e. The second-order valence-corrected chi connectivity index (χ2v) is 5.25. The fraction of sp³-hybridized carbons (Fsp3) is 0.286. The van der Waals surface area contributed by atoms with Gasteiger partial charge in [-0.15, -0.1) is 0 Å². The van der Waals surface area contributed by atoms with E-state index in [2.05, 4.69) is 0 Å². The minimum absolute atomic E-state index is 0.161. The first-order chi connectivity index (χ1) is 10.4. The monoisotopic (exact) mass is 309 g/mol. The van der Waals surface area contributed by atoms with Crippen LogP contribution in [0, 0.1) is 11.6 Å². The molecule has 0 radical (unpaired) electrons. The Labute approximate surface area is 123 Å². The average Bonchev–Trinajstić information content (AvgIpc) is 2.86. The Kier molecular flexibility index (Phi) is 3.32. The van der Waals surface area contributed by atoms with Crippen molar-refractivity contribution in [2.24, 2.45) is 5.73 Å². The molecule has 3 rings (SSSR count). The topological polar surface area (TPSA) is 88.0 Å². The number of aromatic carboxylic acids is 1. The van der Waals surface area contributed by atoms with Gasteiger partial charge in [0.1, 0.15) is 11.3 Å². The highest BCUT2D eigenvalue weighted by atomic mass is 19.1. The number of halogens is 2. The van der Waals surface area contributed by atoms with Gasteiger partial charge >= 0.3 is 5.97 Å². The summed E-state index contributed by atoms with van der Waals surface area (Å²) < 4.78 is 29.5. The van der Waals surface area contributed by atoms with E-state index in [1.807, 2.05) is 0 Å². The number of nitrogens with zero attached hydrogens (tertiary/aromatic N) is 2. The lowest BCUT2D eigenvalue weighted by Gasteiger charge is -2.20. The molecule has 0 spiro atoms. The molecular weight excluding hydrogens is 296 g/mol. The van der Waals surface area contributed by atoms with Crippen LogP contribution in [0.4, 0.5) is 14.5 Å². The number of carboxylic acids is 1. The second kappa shape index (κ2) is 5.06. The molecule has 116 valence electrons. The molecule has 1 fully saturated rings. The summed E-state index contributed by atoms with van der Waals surface area (Å²) >= 11 is 0. The molecule has 1 saturated heterocycles. The number of rotatable bonds is 2. The fourth-order valence-corrected chi connectivity index (χ4v) is 2.70. The number of carboxylic acid groups (broad SMARTS) is 1. The fourth-order valence-electron chi connectivity index (χ4n) is 2.70. The van der Waals surface area contributed by atoms with Gasteiger partial charge in [0.15, 0.2) is 11.6 Å². The van der Waals surface area contributed by atoms with Crippen LogP contribution in [-0.2, 0) is 0 Å². The van der Waals surface area contributed by atoms with Gasteiger partial charge in [0.05, 0.1) is 11.7 Å². The molecule has 0 amide bonds. The zero-order valence-electron chi connectivity index (χ0n) is 11.4. The third-order valence-electron chi connectivity index (χ3n) is 3.79. The maximum Gasteiger partial charge on any atom is 0.341 e. The molecule has 0 aliphatic carbocycles. The van der Waals surface area contributed by atoms with Crippen LogP contribution < -0.4 is 16.2 Å². The van der Waals surface area contributed by atoms with Crippen molar-refractivity contribution in [2.45, 2.75) is 12.5 Å². The lowest BCUT2D eigenvalue weighted by atomic mass is 10.2. The van der Waals surface area contributed by atoms with Gasteiger partial charge in [-0.1, -0.05) is 0 Å². The zero-order chi connectivity index (χ0) is 16.0. The van der Waals surface area contributed by atoms with Crippen LogP contribution in [0.3, 0.4) is 0 Å². The standard InChI is InChI=1S/C14H13F2N3O3/c15-9-6-19-10(2-1-8(13(19)20)14(21)22)11(16)12(9)18-4-3-7(17)5-18/h1-2,6-7H,3-5,17H2,(H,21,22). The van der Waals surface area contributed by atoms with Crippen LogP contribution in [0.2, 0.25) is 0 Å². The summed E-state index contributed by atoms with van der Waals surface area (Å²) in [6, 6.07) is 2.01. The summed E-state index contributed by atoms with van der Waals surface area (Å²) in [6.07, 6.45) is 1.43. The highest BCUT2D eigenvalue weighted by Gasteiger charge is 2.27. The van der Waals surface area contributed by atoms with Crippen LogP contribution in [0.25, 0.3) is 5.52 Å². The van der Waals surface area contributed by atoms with Crippen LogP contribution in [0.15, 0.2) is 23.1 Å². The first-order valence-corrected chi connectivity index (χ1v) is 6.67. The number of carbonyl (C=O) groups is 1. The lowest BCUT2D eigenvalue weighted by molar-refractivity contribution is 0.0694. The molecule has 1 aliphatic rings. The molecule has 8 heteroatoms. The summed E-state index contributed by atoms with van der Waals surface area (Å²) in [7, 11) is 0. The first-order valence-electron chi connectivity index (χ1n) is 6.67. The van der Waals surface area contributed by atoms with E-state index in [1.54, 1.807) is 0 Å². The van der Waals surface area contributed by atoms with Crippen molar-refractivity contribution in [1.82, 2.24) is 4.40 Å². The molecule has 3 N–H and O–H groups in total. The lowest BCUT2D eigenvalue weighted by Crippen LogP contribution is -2.29. The summed E-state index contributed by atoms with van der Waals surface area (Å²) in [5, 5.41) is 8.90. The molecule has 1 aliphatic heterocycles. The Hall–Kier alpha value is -2.48. The zero-order valence-corrected chi connectivity index (χ0v) is 11.4. The quantitative estimate of drug-likeness (QED) is 0.857. The Bertz CT molecular complexity index is 834. The molecule has 0 saturated carbocycles. The molecule has 6 nitrogen and oxygen atoms in total. The van der Waals surface area contributed by atoms with Gasteiger partial charge in [0.25, 0.3) is 5.56 Å².